The van der Waals surface area contributed by atoms with Gasteiger partial charge in [-0.1, -0.05) is 41.1 Å². The Labute approximate surface area is 170 Å². The van der Waals surface area contributed by atoms with Gasteiger partial charge in [0.2, 0.25) is 16.9 Å². The highest BCUT2D eigenvalue weighted by Gasteiger charge is 2.20. The monoisotopic (exact) mass is 412 g/mol. The summed E-state index contributed by atoms with van der Waals surface area (Å²) in [5, 5.41) is 17.7. The maximum atomic E-state index is 6.18. The molecule has 0 saturated heterocycles. The smallest absolute Gasteiger partial charge is 0.247 e. The minimum atomic E-state index is -0.142. The molecule has 2 aromatic carbocycles. The summed E-state index contributed by atoms with van der Waals surface area (Å²) in [6.45, 7) is 3.98. The second-order valence-corrected chi connectivity index (χ2v) is 8.00. The average Bonchev–Trinajstić information content (AvgIpc) is 3.31. The van der Waals surface area contributed by atoms with E-state index in [1.54, 1.807) is 12.1 Å². The molecule has 2 aromatic heterocycles. The van der Waals surface area contributed by atoms with Gasteiger partial charge in [-0.15, -0.1) is 20.4 Å². The van der Waals surface area contributed by atoms with E-state index in [-0.39, 0.29) is 5.25 Å². The first-order chi connectivity index (χ1) is 13.5. The molecule has 0 radical (unpaired) electrons. The summed E-state index contributed by atoms with van der Waals surface area (Å²) in [7, 11) is 0. The van der Waals surface area contributed by atoms with Gasteiger partial charge in [0.05, 0.1) is 5.25 Å². The van der Waals surface area contributed by atoms with Crippen LogP contribution in [0.1, 0.15) is 23.6 Å². The number of hydrogen-bond donors (Lipinski definition) is 1. The van der Waals surface area contributed by atoms with Crippen molar-refractivity contribution in [1.82, 2.24) is 25.1 Å². The molecule has 9 heteroatoms. The predicted octanol–water partition coefficient (Wildman–Crippen LogP) is 4.52. The van der Waals surface area contributed by atoms with Crippen LogP contribution in [0, 0.1) is 6.92 Å². The van der Waals surface area contributed by atoms with Crippen molar-refractivity contribution in [1.29, 1.82) is 0 Å². The zero-order chi connectivity index (χ0) is 19.7. The van der Waals surface area contributed by atoms with Crippen LogP contribution in [-0.2, 0) is 0 Å². The Morgan fingerprint density at radius 1 is 0.964 bits per heavy atom. The highest BCUT2D eigenvalue weighted by Crippen LogP contribution is 2.35. The molecule has 0 saturated carbocycles. The second-order valence-electron chi connectivity index (χ2n) is 6.25. The number of nitrogens with two attached hydrogens (primary N) is 1. The summed E-state index contributed by atoms with van der Waals surface area (Å²) in [4.78, 5) is 0. The highest BCUT2D eigenvalue weighted by atomic mass is 35.5. The fraction of sp³-hybridized carbons (Fsp3) is 0.158. The van der Waals surface area contributed by atoms with E-state index in [1.807, 2.05) is 50.2 Å². The van der Waals surface area contributed by atoms with E-state index in [1.165, 1.54) is 22.0 Å². The van der Waals surface area contributed by atoms with Crippen LogP contribution in [0.15, 0.2) is 58.1 Å². The van der Waals surface area contributed by atoms with Crippen LogP contribution in [0.3, 0.4) is 0 Å². The highest BCUT2D eigenvalue weighted by molar-refractivity contribution is 7.99. The molecule has 0 aliphatic heterocycles. The van der Waals surface area contributed by atoms with Crippen molar-refractivity contribution in [2.24, 2.45) is 0 Å². The fourth-order valence-electron chi connectivity index (χ4n) is 2.57. The summed E-state index contributed by atoms with van der Waals surface area (Å²) < 4.78 is 7.28. The topological polar surface area (TPSA) is 95.7 Å². The van der Waals surface area contributed by atoms with E-state index >= 15 is 0 Å². The third-order valence-corrected chi connectivity index (χ3v) is 5.43. The summed E-state index contributed by atoms with van der Waals surface area (Å²) >= 11 is 7.33. The van der Waals surface area contributed by atoms with Gasteiger partial charge >= 0.3 is 0 Å². The molecule has 4 rings (SSSR count). The number of benzene rings is 2. The van der Waals surface area contributed by atoms with E-state index in [0.29, 0.717) is 27.8 Å². The van der Waals surface area contributed by atoms with Crippen LogP contribution in [0.25, 0.3) is 22.8 Å². The minimum Gasteiger partial charge on any atom is -0.419 e. The Morgan fingerprint density at radius 2 is 1.64 bits per heavy atom. The number of thioether (sulfide) groups is 1. The normalized spacial score (nSPS) is 12.2. The van der Waals surface area contributed by atoms with E-state index < -0.39 is 0 Å². The number of hydrogen-bond acceptors (Lipinski definition) is 7. The minimum absolute atomic E-state index is 0.142. The number of nitrogen functional groups attached to an aromatic ring is 1. The number of halogens is 1. The first-order valence-corrected chi connectivity index (χ1v) is 9.80. The summed E-state index contributed by atoms with van der Waals surface area (Å²) in [6.07, 6.45) is 0. The molecule has 0 amide bonds. The van der Waals surface area contributed by atoms with E-state index in [0.717, 1.165) is 11.1 Å². The lowest BCUT2D eigenvalue weighted by molar-refractivity contribution is 0.509. The first-order valence-electron chi connectivity index (χ1n) is 8.55. The van der Waals surface area contributed by atoms with Crippen LogP contribution >= 0.6 is 23.4 Å². The lowest BCUT2D eigenvalue weighted by Gasteiger charge is -2.07. The molecule has 0 spiro atoms. The Kier molecular flexibility index (Phi) is 5.06. The quantitative estimate of drug-likeness (QED) is 0.380. The van der Waals surface area contributed by atoms with Gasteiger partial charge in [-0.2, -0.15) is 0 Å². The van der Waals surface area contributed by atoms with Crippen molar-refractivity contribution in [3.63, 3.8) is 0 Å². The van der Waals surface area contributed by atoms with Gasteiger partial charge in [-0.05, 0) is 50.2 Å². The lowest BCUT2D eigenvalue weighted by atomic mass is 10.1. The first kappa shape index (κ1) is 18.5. The molecule has 0 unspecified atom stereocenters. The van der Waals surface area contributed by atoms with Gasteiger partial charge in [0.15, 0.2) is 5.82 Å². The van der Waals surface area contributed by atoms with E-state index in [9.17, 15) is 0 Å². The van der Waals surface area contributed by atoms with E-state index in [4.69, 9.17) is 21.9 Å². The van der Waals surface area contributed by atoms with Crippen molar-refractivity contribution in [3.05, 3.63) is 65.0 Å². The second kappa shape index (κ2) is 7.65. The summed E-state index contributed by atoms with van der Waals surface area (Å²) in [6, 6.07) is 15.2. The number of rotatable bonds is 5. The molecule has 0 bridgehead atoms. The molecular weight excluding hydrogens is 396 g/mol. The summed E-state index contributed by atoms with van der Waals surface area (Å²) in [5.74, 6) is 7.72. The van der Waals surface area contributed by atoms with Gasteiger partial charge in [0.1, 0.15) is 0 Å². The SMILES string of the molecule is Cc1ccc(-c2nnc([C@@H](C)Sc3nnc(-c4ccc(Cl)cc4)n3N)o2)cc1. The molecule has 0 fully saturated rings. The van der Waals surface area contributed by atoms with Crippen molar-refractivity contribution in [2.45, 2.75) is 24.3 Å². The van der Waals surface area contributed by atoms with Gasteiger partial charge in [0, 0.05) is 16.1 Å². The number of nitrogens with zero attached hydrogens (tertiary/aromatic N) is 5. The van der Waals surface area contributed by atoms with Crippen LogP contribution < -0.4 is 5.84 Å². The largest absolute Gasteiger partial charge is 0.419 e. The van der Waals surface area contributed by atoms with Crippen molar-refractivity contribution >= 4 is 23.4 Å². The van der Waals surface area contributed by atoms with Gasteiger partial charge in [-0.25, -0.2) is 4.68 Å². The van der Waals surface area contributed by atoms with Gasteiger partial charge in [0.25, 0.3) is 0 Å². The van der Waals surface area contributed by atoms with Gasteiger partial charge in [-0.3, -0.25) is 0 Å². The predicted molar refractivity (Wildman–Crippen MR) is 109 cm³/mol. The maximum Gasteiger partial charge on any atom is 0.247 e. The number of aromatic nitrogens is 5. The standard InChI is InChI=1S/C19H17ClN6OS/c1-11-3-5-14(6-4-11)18-24-23-17(27-18)12(2)28-19-25-22-16(26(19)21)13-7-9-15(20)10-8-13/h3-10,12H,21H2,1-2H3/t12-/m1/s1. The van der Waals surface area contributed by atoms with Gasteiger partial charge < -0.3 is 10.3 Å². The third-order valence-electron chi connectivity index (χ3n) is 4.14. The Morgan fingerprint density at radius 3 is 2.36 bits per heavy atom. The summed E-state index contributed by atoms with van der Waals surface area (Å²) in [5.41, 5.74) is 2.89. The van der Waals surface area contributed by atoms with Crippen molar-refractivity contribution in [2.75, 3.05) is 5.84 Å². The molecule has 7 nitrogen and oxygen atoms in total. The average molecular weight is 413 g/mol. The molecule has 1 atom stereocenters. The fourth-order valence-corrected chi connectivity index (χ4v) is 3.50. The molecule has 142 valence electrons. The molecule has 0 aliphatic carbocycles. The maximum absolute atomic E-state index is 6.18. The molecule has 4 aromatic rings. The molecule has 0 aliphatic rings. The van der Waals surface area contributed by atoms with Crippen LogP contribution in [0.2, 0.25) is 5.02 Å². The molecular formula is C19H17ClN6OS. The molecule has 2 heterocycles. The van der Waals surface area contributed by atoms with Crippen molar-refractivity contribution < 1.29 is 4.42 Å². The Balaban J connectivity index is 1.52. The van der Waals surface area contributed by atoms with E-state index in [2.05, 4.69) is 20.4 Å². The number of aryl methyl sites for hydroxylation is 1. The lowest BCUT2D eigenvalue weighted by Crippen LogP contribution is -2.12. The Hall–Kier alpha value is -2.84. The third kappa shape index (κ3) is 3.74. The zero-order valence-corrected chi connectivity index (χ0v) is 16.8. The van der Waals surface area contributed by atoms with Crippen LogP contribution in [0.4, 0.5) is 0 Å². The molecule has 2 N–H and O–H groups in total. The molecule has 28 heavy (non-hydrogen) atoms. The van der Waals surface area contributed by atoms with Crippen LogP contribution in [-0.4, -0.2) is 25.1 Å². The zero-order valence-electron chi connectivity index (χ0n) is 15.2. The Bertz CT molecular complexity index is 1090. The van der Waals surface area contributed by atoms with Crippen molar-refractivity contribution in [3.8, 4) is 22.8 Å². The van der Waals surface area contributed by atoms with Crippen LogP contribution in [0.5, 0.6) is 0 Å².